The zero-order valence-electron chi connectivity index (χ0n) is 15.1. The molecule has 1 aliphatic carbocycles. The van der Waals surface area contributed by atoms with E-state index in [4.69, 9.17) is 0 Å². The van der Waals surface area contributed by atoms with Crippen molar-refractivity contribution in [1.29, 1.82) is 0 Å². The Balaban J connectivity index is 1.49. The molecule has 1 aromatic heterocycles. The molecule has 27 heavy (non-hydrogen) atoms. The molecule has 0 unspecified atom stereocenters. The fourth-order valence-corrected chi connectivity index (χ4v) is 4.97. The number of hydrogen-bond acceptors (Lipinski definition) is 3. The molecule has 1 aliphatic heterocycles. The van der Waals surface area contributed by atoms with Gasteiger partial charge in [0.2, 0.25) is 11.8 Å². The first-order valence-corrected chi connectivity index (χ1v) is 10.4. The number of likely N-dealkylation sites (tertiary alicyclic amines) is 1. The van der Waals surface area contributed by atoms with E-state index in [0.29, 0.717) is 12.6 Å². The molecule has 2 heterocycles. The van der Waals surface area contributed by atoms with Crippen LogP contribution in [0.1, 0.15) is 48.6 Å². The summed E-state index contributed by atoms with van der Waals surface area (Å²) in [6.07, 6.45) is 4.70. The number of amides is 2. The average Bonchev–Trinajstić information content (AvgIpc) is 3.41. The maximum absolute atomic E-state index is 13.3. The molecule has 2 atom stereocenters. The van der Waals surface area contributed by atoms with Crippen molar-refractivity contribution in [3.8, 4) is 0 Å². The second-order valence-electron chi connectivity index (χ2n) is 7.39. The summed E-state index contributed by atoms with van der Waals surface area (Å²) >= 11 is 1.55. The Morgan fingerprint density at radius 2 is 1.93 bits per heavy atom. The van der Waals surface area contributed by atoms with Crippen LogP contribution in [0.5, 0.6) is 0 Å². The van der Waals surface area contributed by atoms with Gasteiger partial charge in [-0.25, -0.2) is 4.39 Å². The number of carbonyl (C=O) groups is 2. The van der Waals surface area contributed by atoms with Gasteiger partial charge in [0.05, 0.1) is 12.0 Å². The van der Waals surface area contributed by atoms with E-state index in [1.54, 1.807) is 23.5 Å². The summed E-state index contributed by atoms with van der Waals surface area (Å²) in [6, 6.07) is 10.1. The number of rotatable bonds is 5. The number of benzene rings is 1. The van der Waals surface area contributed by atoms with Crippen molar-refractivity contribution in [3.63, 3.8) is 0 Å². The van der Waals surface area contributed by atoms with Crippen LogP contribution in [0, 0.1) is 11.7 Å². The van der Waals surface area contributed by atoms with E-state index >= 15 is 0 Å². The van der Waals surface area contributed by atoms with Gasteiger partial charge in [0, 0.05) is 23.9 Å². The van der Waals surface area contributed by atoms with Gasteiger partial charge in [-0.1, -0.05) is 31.0 Å². The van der Waals surface area contributed by atoms with Crippen LogP contribution in [0.4, 0.5) is 4.39 Å². The van der Waals surface area contributed by atoms with Crippen LogP contribution in [0.3, 0.4) is 0 Å². The largest absolute Gasteiger partial charge is 0.344 e. The van der Waals surface area contributed by atoms with Gasteiger partial charge in [0.15, 0.2) is 0 Å². The van der Waals surface area contributed by atoms with E-state index in [9.17, 15) is 14.0 Å². The number of thiophene rings is 1. The van der Waals surface area contributed by atoms with Crippen LogP contribution >= 0.6 is 11.3 Å². The molecule has 0 spiro atoms. The van der Waals surface area contributed by atoms with Crippen molar-refractivity contribution >= 4 is 23.2 Å². The van der Waals surface area contributed by atoms with Crippen LogP contribution in [0.25, 0.3) is 0 Å². The topological polar surface area (TPSA) is 49.4 Å². The first-order valence-electron chi connectivity index (χ1n) is 9.50. The lowest BCUT2D eigenvalue weighted by Crippen LogP contribution is -2.38. The van der Waals surface area contributed by atoms with E-state index in [0.717, 1.165) is 36.1 Å². The highest BCUT2D eigenvalue weighted by Crippen LogP contribution is 2.31. The average molecular weight is 386 g/mol. The van der Waals surface area contributed by atoms with Crippen LogP contribution in [0.15, 0.2) is 41.8 Å². The van der Waals surface area contributed by atoms with Crippen LogP contribution in [0.2, 0.25) is 0 Å². The van der Waals surface area contributed by atoms with Gasteiger partial charge in [0.25, 0.3) is 0 Å². The smallest absolute Gasteiger partial charge is 0.226 e. The van der Waals surface area contributed by atoms with E-state index in [1.807, 2.05) is 22.4 Å². The molecule has 0 radical (unpaired) electrons. The third-order valence-electron chi connectivity index (χ3n) is 5.61. The summed E-state index contributed by atoms with van der Waals surface area (Å²) in [5, 5.41) is 5.06. The number of halogens is 1. The van der Waals surface area contributed by atoms with Gasteiger partial charge in [-0.05, 0) is 42.0 Å². The van der Waals surface area contributed by atoms with Gasteiger partial charge in [0.1, 0.15) is 5.82 Å². The maximum Gasteiger partial charge on any atom is 0.226 e. The van der Waals surface area contributed by atoms with E-state index in [1.165, 1.54) is 12.1 Å². The number of nitrogens with one attached hydrogen (secondary N) is 1. The monoisotopic (exact) mass is 386 g/mol. The minimum absolute atomic E-state index is 0.0940. The van der Waals surface area contributed by atoms with Gasteiger partial charge < -0.3 is 10.2 Å². The molecule has 2 aromatic rings. The lowest BCUT2D eigenvalue weighted by molar-refractivity contribution is -0.130. The summed E-state index contributed by atoms with van der Waals surface area (Å²) in [6.45, 7) is 0.510. The molecule has 1 saturated carbocycles. The molecule has 2 amide bonds. The number of nitrogens with zero attached hydrogens (tertiary/aromatic N) is 1. The molecular formula is C21H23FN2O2S. The molecule has 6 heteroatoms. The Kier molecular flexibility index (Phi) is 5.25. The zero-order valence-corrected chi connectivity index (χ0v) is 15.9. The van der Waals surface area contributed by atoms with Crippen molar-refractivity contribution in [3.05, 3.63) is 58.0 Å². The Hall–Kier alpha value is -2.21. The highest BCUT2D eigenvalue weighted by molar-refractivity contribution is 7.10. The van der Waals surface area contributed by atoms with Gasteiger partial charge in [-0.2, -0.15) is 0 Å². The van der Waals surface area contributed by atoms with E-state index in [2.05, 4.69) is 5.32 Å². The molecule has 1 aromatic carbocycles. The standard InChI is InChI=1S/C21H23FN2O2S/c22-16-9-7-14(8-10-16)20(18-6-3-11-27-18)23-21(26)15-12-19(25)24(13-15)17-4-1-2-5-17/h3,6-11,15,17,20H,1-2,4-5,12-13H2,(H,23,26)/t15-,20-/m0/s1. The highest BCUT2D eigenvalue weighted by Gasteiger charge is 2.39. The molecule has 2 aliphatic rings. The van der Waals surface area contributed by atoms with Crippen molar-refractivity contribution < 1.29 is 14.0 Å². The second kappa shape index (κ2) is 7.80. The Morgan fingerprint density at radius 1 is 1.19 bits per heavy atom. The molecular weight excluding hydrogens is 363 g/mol. The summed E-state index contributed by atoms with van der Waals surface area (Å²) in [5.41, 5.74) is 0.837. The molecule has 4 rings (SSSR count). The second-order valence-corrected chi connectivity index (χ2v) is 8.37. The Morgan fingerprint density at radius 3 is 2.59 bits per heavy atom. The third-order valence-corrected chi connectivity index (χ3v) is 6.55. The third kappa shape index (κ3) is 3.90. The normalized spacial score (nSPS) is 21.6. The molecule has 4 nitrogen and oxygen atoms in total. The quantitative estimate of drug-likeness (QED) is 0.848. The number of carbonyl (C=O) groups excluding carboxylic acids is 2. The lowest BCUT2D eigenvalue weighted by atomic mass is 10.0. The van der Waals surface area contributed by atoms with Gasteiger partial charge >= 0.3 is 0 Å². The summed E-state index contributed by atoms with van der Waals surface area (Å²) in [4.78, 5) is 28.2. The molecule has 0 bridgehead atoms. The van der Waals surface area contributed by atoms with Gasteiger partial charge in [-0.3, -0.25) is 9.59 Å². The fourth-order valence-electron chi connectivity index (χ4n) is 4.17. The predicted octanol–water partition coefficient (Wildman–Crippen LogP) is 3.88. The minimum atomic E-state index is -0.325. The lowest BCUT2D eigenvalue weighted by Gasteiger charge is -2.24. The van der Waals surface area contributed by atoms with E-state index < -0.39 is 0 Å². The Bertz CT molecular complexity index is 800. The molecule has 1 N–H and O–H groups in total. The Labute approximate surface area is 162 Å². The van der Waals surface area contributed by atoms with Crippen molar-refractivity contribution in [2.45, 2.75) is 44.2 Å². The summed E-state index contributed by atoms with van der Waals surface area (Å²) in [7, 11) is 0. The minimum Gasteiger partial charge on any atom is -0.344 e. The molecule has 1 saturated heterocycles. The first-order chi connectivity index (χ1) is 13.1. The van der Waals surface area contributed by atoms with Crippen LogP contribution < -0.4 is 5.32 Å². The van der Waals surface area contributed by atoms with Crippen LogP contribution in [-0.4, -0.2) is 29.3 Å². The van der Waals surface area contributed by atoms with Gasteiger partial charge in [-0.15, -0.1) is 11.3 Å². The van der Waals surface area contributed by atoms with Crippen molar-refractivity contribution in [2.75, 3.05) is 6.54 Å². The zero-order chi connectivity index (χ0) is 18.8. The van der Waals surface area contributed by atoms with Crippen LogP contribution in [-0.2, 0) is 9.59 Å². The molecule has 142 valence electrons. The highest BCUT2D eigenvalue weighted by atomic mass is 32.1. The molecule has 2 fully saturated rings. The summed E-state index contributed by atoms with van der Waals surface area (Å²) in [5.74, 6) is -0.632. The maximum atomic E-state index is 13.3. The van der Waals surface area contributed by atoms with E-state index in [-0.39, 0.29) is 36.0 Å². The van der Waals surface area contributed by atoms with Crippen molar-refractivity contribution in [2.24, 2.45) is 5.92 Å². The van der Waals surface area contributed by atoms with Crippen molar-refractivity contribution in [1.82, 2.24) is 10.2 Å². The first kappa shape index (κ1) is 18.2. The fraction of sp³-hybridized carbons (Fsp3) is 0.429. The SMILES string of the molecule is O=C(N[C@@H](c1ccc(F)cc1)c1cccs1)[C@H]1CC(=O)N(C2CCCC2)C1. The number of hydrogen-bond donors (Lipinski definition) is 1. The predicted molar refractivity (Wildman–Crippen MR) is 103 cm³/mol. The summed E-state index contributed by atoms with van der Waals surface area (Å²) < 4.78 is 13.3.